The van der Waals surface area contributed by atoms with E-state index < -0.39 is 12.0 Å². The van der Waals surface area contributed by atoms with Crippen molar-refractivity contribution in [1.82, 2.24) is 4.90 Å². The maximum absolute atomic E-state index is 12.2. The second-order valence-corrected chi connectivity index (χ2v) is 4.23. The highest BCUT2D eigenvalue weighted by atomic mass is 16.5. The summed E-state index contributed by atoms with van der Waals surface area (Å²) in [7, 11) is 2.96. The first kappa shape index (κ1) is 15.8. The number of rotatable bonds is 6. The van der Waals surface area contributed by atoms with Gasteiger partial charge in [0.2, 0.25) is 0 Å². The highest BCUT2D eigenvalue weighted by Gasteiger charge is 2.23. The quantitative estimate of drug-likeness (QED) is 0.857. The zero-order valence-electron chi connectivity index (χ0n) is 12.0. The molecule has 0 aliphatic rings. The van der Waals surface area contributed by atoms with Gasteiger partial charge in [-0.1, -0.05) is 0 Å². The largest absolute Gasteiger partial charge is 0.493 e. The van der Waals surface area contributed by atoms with E-state index in [1.165, 1.54) is 26.0 Å². The van der Waals surface area contributed by atoms with E-state index >= 15 is 0 Å². The molecule has 110 valence electrons. The molecule has 6 heteroatoms. The molecule has 0 heterocycles. The molecule has 0 bridgehead atoms. The standard InChI is InChI=1S/C14H19NO5/c1-5-20-12-8-10(6-7-11(12)19-4)13(16)15(3)9(2)14(17)18/h6-9H,5H2,1-4H3,(H,17,18). The Balaban J connectivity index is 3.04. The van der Waals surface area contributed by atoms with Gasteiger partial charge in [0.15, 0.2) is 11.5 Å². The Bertz CT molecular complexity index is 500. The number of hydrogen-bond donors (Lipinski definition) is 1. The van der Waals surface area contributed by atoms with Crippen molar-refractivity contribution in [2.24, 2.45) is 0 Å². The first-order chi connectivity index (χ1) is 9.42. The molecule has 0 aromatic heterocycles. The Morgan fingerprint density at radius 3 is 2.50 bits per heavy atom. The zero-order chi connectivity index (χ0) is 15.3. The van der Waals surface area contributed by atoms with Crippen LogP contribution in [0.4, 0.5) is 0 Å². The number of ether oxygens (including phenoxy) is 2. The van der Waals surface area contributed by atoms with Crippen LogP contribution in [0.1, 0.15) is 24.2 Å². The summed E-state index contributed by atoms with van der Waals surface area (Å²) in [6.45, 7) is 3.72. The fraction of sp³-hybridized carbons (Fsp3) is 0.429. The van der Waals surface area contributed by atoms with Crippen molar-refractivity contribution >= 4 is 11.9 Å². The van der Waals surface area contributed by atoms with Crippen molar-refractivity contribution in [3.63, 3.8) is 0 Å². The van der Waals surface area contributed by atoms with Gasteiger partial charge in [-0.25, -0.2) is 4.79 Å². The molecule has 1 aromatic carbocycles. The van der Waals surface area contributed by atoms with Crippen molar-refractivity contribution in [3.8, 4) is 11.5 Å². The van der Waals surface area contributed by atoms with E-state index in [-0.39, 0.29) is 5.91 Å². The number of carbonyl (C=O) groups excluding carboxylic acids is 1. The summed E-state index contributed by atoms with van der Waals surface area (Å²) in [6, 6.07) is 3.85. The molecular weight excluding hydrogens is 262 g/mol. The second-order valence-electron chi connectivity index (χ2n) is 4.23. The summed E-state index contributed by atoms with van der Waals surface area (Å²) in [5.74, 6) is -0.461. The Hall–Kier alpha value is -2.24. The number of likely N-dealkylation sites (N-methyl/N-ethyl adjacent to an activating group) is 1. The lowest BCUT2D eigenvalue weighted by Crippen LogP contribution is -2.40. The monoisotopic (exact) mass is 281 g/mol. The number of carbonyl (C=O) groups is 2. The number of aliphatic carboxylic acids is 1. The number of hydrogen-bond acceptors (Lipinski definition) is 4. The molecule has 0 fully saturated rings. The highest BCUT2D eigenvalue weighted by Crippen LogP contribution is 2.28. The molecule has 20 heavy (non-hydrogen) atoms. The zero-order valence-corrected chi connectivity index (χ0v) is 12.0. The van der Waals surface area contributed by atoms with E-state index in [1.807, 2.05) is 6.92 Å². The number of methoxy groups -OCH3 is 1. The van der Waals surface area contributed by atoms with Crippen molar-refractivity contribution in [2.45, 2.75) is 19.9 Å². The van der Waals surface area contributed by atoms with Crippen LogP contribution in [-0.4, -0.2) is 48.7 Å². The van der Waals surface area contributed by atoms with E-state index in [4.69, 9.17) is 14.6 Å². The third kappa shape index (κ3) is 3.40. The van der Waals surface area contributed by atoms with Crippen molar-refractivity contribution in [1.29, 1.82) is 0 Å². The molecular formula is C14H19NO5. The van der Waals surface area contributed by atoms with Crippen LogP contribution in [0.3, 0.4) is 0 Å². The summed E-state index contributed by atoms with van der Waals surface area (Å²) in [6.07, 6.45) is 0. The number of carboxylic acid groups (broad SMARTS) is 1. The van der Waals surface area contributed by atoms with Crippen LogP contribution in [0.15, 0.2) is 18.2 Å². The van der Waals surface area contributed by atoms with Crippen LogP contribution in [-0.2, 0) is 4.79 Å². The summed E-state index contributed by atoms with van der Waals surface area (Å²) in [5.41, 5.74) is 0.352. The summed E-state index contributed by atoms with van der Waals surface area (Å²) >= 11 is 0. The fourth-order valence-corrected chi connectivity index (χ4v) is 1.62. The van der Waals surface area contributed by atoms with E-state index in [2.05, 4.69) is 0 Å². The maximum Gasteiger partial charge on any atom is 0.326 e. The Morgan fingerprint density at radius 2 is 2.00 bits per heavy atom. The number of benzene rings is 1. The maximum atomic E-state index is 12.2. The molecule has 1 unspecified atom stereocenters. The van der Waals surface area contributed by atoms with E-state index in [9.17, 15) is 9.59 Å². The number of carboxylic acids is 1. The van der Waals surface area contributed by atoms with E-state index in [1.54, 1.807) is 18.2 Å². The first-order valence-corrected chi connectivity index (χ1v) is 6.23. The smallest absolute Gasteiger partial charge is 0.326 e. The van der Waals surface area contributed by atoms with Gasteiger partial charge in [0.1, 0.15) is 6.04 Å². The van der Waals surface area contributed by atoms with Gasteiger partial charge >= 0.3 is 5.97 Å². The van der Waals surface area contributed by atoms with Crippen LogP contribution >= 0.6 is 0 Å². The fourth-order valence-electron chi connectivity index (χ4n) is 1.62. The van der Waals surface area contributed by atoms with Gasteiger partial charge in [0.25, 0.3) is 5.91 Å². The van der Waals surface area contributed by atoms with Gasteiger partial charge in [-0.3, -0.25) is 4.79 Å². The molecule has 1 atom stereocenters. The predicted octanol–water partition coefficient (Wildman–Crippen LogP) is 1.64. The van der Waals surface area contributed by atoms with Gasteiger partial charge in [0, 0.05) is 12.6 Å². The summed E-state index contributed by atoms with van der Waals surface area (Å²) < 4.78 is 10.5. The van der Waals surface area contributed by atoms with Crippen molar-refractivity contribution in [2.75, 3.05) is 20.8 Å². The molecule has 0 radical (unpaired) electrons. The summed E-state index contributed by atoms with van der Waals surface area (Å²) in [4.78, 5) is 24.3. The third-order valence-corrected chi connectivity index (χ3v) is 2.97. The average Bonchev–Trinajstić information content (AvgIpc) is 2.45. The Morgan fingerprint density at radius 1 is 1.35 bits per heavy atom. The highest BCUT2D eigenvalue weighted by molar-refractivity contribution is 5.96. The topological polar surface area (TPSA) is 76.1 Å². The number of amides is 1. The van der Waals surface area contributed by atoms with Crippen LogP contribution in [0, 0.1) is 0 Å². The number of nitrogens with zero attached hydrogens (tertiary/aromatic N) is 1. The lowest BCUT2D eigenvalue weighted by atomic mass is 10.1. The van der Waals surface area contributed by atoms with Gasteiger partial charge in [-0.05, 0) is 32.0 Å². The lowest BCUT2D eigenvalue weighted by molar-refractivity contribution is -0.141. The van der Waals surface area contributed by atoms with Gasteiger partial charge < -0.3 is 19.5 Å². The summed E-state index contributed by atoms with van der Waals surface area (Å²) in [5, 5.41) is 8.93. The third-order valence-electron chi connectivity index (χ3n) is 2.97. The minimum Gasteiger partial charge on any atom is -0.493 e. The minimum absolute atomic E-state index is 0.352. The average molecular weight is 281 g/mol. The van der Waals surface area contributed by atoms with Crippen molar-refractivity contribution in [3.05, 3.63) is 23.8 Å². The molecule has 1 rings (SSSR count). The molecule has 0 saturated carbocycles. The first-order valence-electron chi connectivity index (χ1n) is 6.23. The van der Waals surface area contributed by atoms with Crippen LogP contribution in [0.25, 0.3) is 0 Å². The molecule has 0 spiro atoms. The van der Waals surface area contributed by atoms with Gasteiger partial charge in [-0.15, -0.1) is 0 Å². The second kappa shape index (κ2) is 6.79. The SMILES string of the molecule is CCOc1cc(C(=O)N(C)C(C)C(=O)O)ccc1OC. The molecule has 6 nitrogen and oxygen atoms in total. The predicted molar refractivity (Wildman–Crippen MR) is 73.4 cm³/mol. The Kier molecular flexibility index (Phi) is 5.37. The Labute approximate surface area is 117 Å². The van der Waals surface area contributed by atoms with E-state index in [0.29, 0.717) is 23.7 Å². The van der Waals surface area contributed by atoms with Gasteiger partial charge in [-0.2, -0.15) is 0 Å². The molecule has 1 N–H and O–H groups in total. The molecule has 0 aliphatic carbocycles. The molecule has 0 saturated heterocycles. The van der Waals surface area contributed by atoms with E-state index in [0.717, 1.165) is 0 Å². The molecule has 0 aliphatic heterocycles. The minimum atomic E-state index is -1.06. The molecule has 1 amide bonds. The normalized spacial score (nSPS) is 11.6. The lowest BCUT2D eigenvalue weighted by Gasteiger charge is -2.22. The van der Waals surface area contributed by atoms with Crippen molar-refractivity contribution < 1.29 is 24.2 Å². The molecule has 1 aromatic rings. The van der Waals surface area contributed by atoms with Crippen LogP contribution < -0.4 is 9.47 Å². The van der Waals surface area contributed by atoms with Crippen LogP contribution in [0.5, 0.6) is 11.5 Å². The van der Waals surface area contributed by atoms with Crippen LogP contribution in [0.2, 0.25) is 0 Å². The van der Waals surface area contributed by atoms with Gasteiger partial charge in [0.05, 0.1) is 13.7 Å².